The van der Waals surface area contributed by atoms with Gasteiger partial charge in [-0.3, -0.25) is 19.1 Å². The Morgan fingerprint density at radius 3 is 2.28 bits per heavy atom. The third-order valence-corrected chi connectivity index (χ3v) is 10.6. The van der Waals surface area contributed by atoms with Gasteiger partial charge in [0.1, 0.15) is 29.3 Å². The van der Waals surface area contributed by atoms with Crippen molar-refractivity contribution in [2.45, 2.75) is 115 Å². The van der Waals surface area contributed by atoms with Crippen LogP contribution in [0.3, 0.4) is 0 Å². The van der Waals surface area contributed by atoms with Crippen molar-refractivity contribution >= 4 is 56.2 Å². The highest BCUT2D eigenvalue weighted by Crippen LogP contribution is 2.33. The van der Waals surface area contributed by atoms with Crippen molar-refractivity contribution in [2.24, 2.45) is 5.41 Å². The lowest BCUT2D eigenvalue weighted by Crippen LogP contribution is -2.62. The Kier molecular flexibility index (Phi) is 11.4. The van der Waals surface area contributed by atoms with Gasteiger partial charge in [-0.05, 0) is 64.9 Å². The number of halogens is 1. The van der Waals surface area contributed by atoms with E-state index < -0.39 is 73.8 Å². The van der Waals surface area contributed by atoms with Crippen LogP contribution in [0.5, 0.6) is 5.88 Å². The van der Waals surface area contributed by atoms with Gasteiger partial charge >= 0.3 is 6.09 Å². The molecule has 1 aromatic heterocycles. The number of sulfonamides is 1. The number of aromatic nitrogens is 2. The minimum Gasteiger partial charge on any atom is -0.471 e. The molecule has 4 rings (SSSR count). The summed E-state index contributed by atoms with van der Waals surface area (Å²) in [7, 11) is -3.93. The number of nitrogens with one attached hydrogen (secondary N) is 3. The highest BCUT2D eigenvalue weighted by Gasteiger charge is 2.49. The summed E-state index contributed by atoms with van der Waals surface area (Å²) >= 11 is 6.26. The number of allylic oxidation sites excluding steroid dienone is 1. The van der Waals surface area contributed by atoms with Gasteiger partial charge in [0.25, 0.3) is 5.91 Å². The van der Waals surface area contributed by atoms with E-state index in [2.05, 4.69) is 32.1 Å². The number of amides is 4. The number of fused-ring (bicyclic) bond motifs is 1. The molecule has 0 radical (unpaired) electrons. The first-order chi connectivity index (χ1) is 23.1. The lowest BCUT2D eigenvalue weighted by atomic mass is 9.85. The number of hydrogen-bond acceptors (Lipinski definition) is 10. The van der Waals surface area contributed by atoms with E-state index in [1.807, 2.05) is 0 Å². The van der Waals surface area contributed by atoms with Crippen LogP contribution >= 0.6 is 11.6 Å². The first-order valence-corrected chi connectivity index (χ1v) is 18.4. The van der Waals surface area contributed by atoms with Gasteiger partial charge in [0.15, 0.2) is 5.15 Å². The molecule has 1 aliphatic heterocycles. The number of nitrogens with zero attached hydrogens (tertiary/aromatic N) is 3. The SMILES string of the molecule is C=CCC[C@](C)(NC(=O)[C@@H]1C[C@@H](Oc2nnc(Cl)c3ccccc23)CN1C(=O)[C@@H](NC(=O)OC(C)(C)C)C(C)(C)C)C(=O)NS(=O)(=O)C1CC1. The van der Waals surface area contributed by atoms with Gasteiger partial charge in [-0.25, -0.2) is 13.2 Å². The number of ether oxygens (including phenoxy) is 2. The van der Waals surface area contributed by atoms with Crippen molar-refractivity contribution in [3.8, 4) is 5.88 Å². The molecule has 0 unspecified atom stereocenters. The summed E-state index contributed by atoms with van der Waals surface area (Å²) in [6.07, 6.45) is 1.13. The van der Waals surface area contributed by atoms with Crippen LogP contribution in [0.1, 0.15) is 80.6 Å². The van der Waals surface area contributed by atoms with E-state index >= 15 is 0 Å². The maximum atomic E-state index is 14.4. The summed E-state index contributed by atoms with van der Waals surface area (Å²) in [5.41, 5.74) is -3.35. The van der Waals surface area contributed by atoms with Crippen LogP contribution < -0.4 is 20.1 Å². The van der Waals surface area contributed by atoms with Crippen molar-refractivity contribution in [1.82, 2.24) is 30.5 Å². The summed E-state index contributed by atoms with van der Waals surface area (Å²) in [4.78, 5) is 56.3. The fourth-order valence-electron chi connectivity index (χ4n) is 5.59. The first kappa shape index (κ1) is 38.8. The summed E-state index contributed by atoms with van der Waals surface area (Å²) in [6, 6.07) is 4.75. The smallest absolute Gasteiger partial charge is 0.408 e. The fourth-order valence-corrected chi connectivity index (χ4v) is 7.20. The maximum absolute atomic E-state index is 14.4. The standard InChI is InChI=1S/C34H47ClN6O8S/c1-9-10-17-34(8,30(44)40-50(46,47)21-15-16-21)37-27(42)24-18-20(48-28-23-14-12-11-13-22(23)26(35)38-39-28)19-41(24)29(43)25(32(2,3)4)36-31(45)49-33(5,6)7/h9,11-14,20-21,24-25H,1,10,15-19H2,2-8H3,(H,36,45)(H,37,42)(H,40,44)/t20-,24+,25-,34+/m1/s1. The van der Waals surface area contributed by atoms with Gasteiger partial charge in [0, 0.05) is 17.2 Å². The summed E-state index contributed by atoms with van der Waals surface area (Å²) in [6.45, 7) is 15.4. The molecular formula is C34H47ClN6O8S. The van der Waals surface area contributed by atoms with E-state index in [1.54, 1.807) is 71.9 Å². The summed E-state index contributed by atoms with van der Waals surface area (Å²) in [5.74, 6) is -2.06. The minimum absolute atomic E-state index is 0.0287. The van der Waals surface area contributed by atoms with E-state index in [0.29, 0.717) is 23.6 Å². The highest BCUT2D eigenvalue weighted by atomic mass is 35.5. The Balaban J connectivity index is 1.68. The average Bonchev–Trinajstić information content (AvgIpc) is 3.79. The van der Waals surface area contributed by atoms with Crippen molar-refractivity contribution in [3.63, 3.8) is 0 Å². The monoisotopic (exact) mass is 734 g/mol. The van der Waals surface area contributed by atoms with E-state index in [4.69, 9.17) is 21.1 Å². The Morgan fingerprint density at radius 2 is 1.70 bits per heavy atom. The number of hydrogen-bond donors (Lipinski definition) is 3. The molecule has 1 aliphatic carbocycles. The molecule has 274 valence electrons. The zero-order chi connectivity index (χ0) is 37.2. The Labute approximate surface area is 298 Å². The van der Waals surface area contributed by atoms with E-state index in [9.17, 15) is 27.6 Å². The number of rotatable bonds is 12. The topological polar surface area (TPSA) is 186 Å². The lowest BCUT2D eigenvalue weighted by molar-refractivity contribution is -0.143. The van der Waals surface area contributed by atoms with Crippen molar-refractivity contribution in [1.29, 1.82) is 0 Å². The van der Waals surface area contributed by atoms with Gasteiger partial charge in [-0.1, -0.05) is 56.6 Å². The normalized spacial score (nSPS) is 20.0. The van der Waals surface area contributed by atoms with Crippen LogP contribution in [0.15, 0.2) is 36.9 Å². The number of carbonyl (C=O) groups is 4. The summed E-state index contributed by atoms with van der Waals surface area (Å²) in [5, 5.41) is 14.2. The van der Waals surface area contributed by atoms with Gasteiger partial charge in [0.05, 0.1) is 11.8 Å². The molecular weight excluding hydrogens is 688 g/mol. The Bertz CT molecular complexity index is 1750. The van der Waals surface area contributed by atoms with E-state index in [1.165, 1.54) is 11.8 Å². The molecule has 1 saturated heterocycles. The second kappa shape index (κ2) is 14.7. The fraction of sp³-hybridized carbons (Fsp3) is 0.588. The third kappa shape index (κ3) is 9.42. The maximum Gasteiger partial charge on any atom is 0.408 e. The van der Waals surface area contributed by atoms with Crippen molar-refractivity contribution in [2.75, 3.05) is 6.54 Å². The van der Waals surface area contributed by atoms with Gasteiger partial charge < -0.3 is 25.0 Å². The molecule has 16 heteroatoms. The molecule has 2 fully saturated rings. The van der Waals surface area contributed by atoms with Crippen molar-refractivity contribution < 1.29 is 37.1 Å². The predicted octanol–water partition coefficient (Wildman–Crippen LogP) is 4.02. The third-order valence-electron chi connectivity index (χ3n) is 8.46. The van der Waals surface area contributed by atoms with Crippen molar-refractivity contribution in [3.05, 3.63) is 42.1 Å². The number of likely N-dealkylation sites (tertiary alicyclic amines) is 1. The number of carbonyl (C=O) groups excluding carboxylic acids is 4. The molecule has 1 aromatic carbocycles. The second-order valence-corrected chi connectivity index (χ2v) is 17.4. The minimum atomic E-state index is -3.93. The zero-order valence-corrected chi connectivity index (χ0v) is 31.1. The molecule has 0 spiro atoms. The van der Waals surface area contributed by atoms with Gasteiger partial charge in [0.2, 0.25) is 27.7 Å². The summed E-state index contributed by atoms with van der Waals surface area (Å²) < 4.78 is 39.2. The van der Waals surface area contributed by atoms with E-state index in [0.717, 1.165) is 0 Å². The Hall–Kier alpha value is -3.98. The Morgan fingerprint density at radius 1 is 1.06 bits per heavy atom. The van der Waals surface area contributed by atoms with Crippen LogP contribution in [0.4, 0.5) is 4.79 Å². The second-order valence-electron chi connectivity index (χ2n) is 15.1. The van der Waals surface area contributed by atoms with Gasteiger partial charge in [-0.15, -0.1) is 16.8 Å². The molecule has 2 aromatic rings. The van der Waals surface area contributed by atoms with E-state index in [-0.39, 0.29) is 36.8 Å². The molecule has 4 amide bonds. The molecule has 14 nitrogen and oxygen atoms in total. The molecule has 50 heavy (non-hydrogen) atoms. The quantitative estimate of drug-likeness (QED) is 0.269. The van der Waals surface area contributed by atoms with Crippen LogP contribution in [-0.2, 0) is 29.1 Å². The van der Waals surface area contributed by atoms with Crippen LogP contribution in [0, 0.1) is 5.41 Å². The highest BCUT2D eigenvalue weighted by molar-refractivity contribution is 7.91. The number of benzene rings is 1. The zero-order valence-electron chi connectivity index (χ0n) is 29.5. The van der Waals surface area contributed by atoms with Gasteiger partial charge in [-0.2, -0.15) is 0 Å². The first-order valence-electron chi connectivity index (χ1n) is 16.5. The largest absolute Gasteiger partial charge is 0.471 e. The molecule has 2 heterocycles. The lowest BCUT2D eigenvalue weighted by Gasteiger charge is -2.36. The molecule has 1 saturated carbocycles. The molecule has 0 bridgehead atoms. The van der Waals surface area contributed by atoms with Crippen LogP contribution in [0.25, 0.3) is 10.8 Å². The average molecular weight is 735 g/mol. The molecule has 4 atom stereocenters. The number of alkyl carbamates (subject to hydrolysis) is 1. The van der Waals surface area contributed by atoms with Crippen LogP contribution in [-0.4, -0.2) is 88.5 Å². The molecule has 3 N–H and O–H groups in total. The van der Waals surface area contributed by atoms with Crippen LogP contribution in [0.2, 0.25) is 5.15 Å². The molecule has 2 aliphatic rings. The predicted molar refractivity (Wildman–Crippen MR) is 188 cm³/mol.